The third-order valence-corrected chi connectivity index (χ3v) is 5.47. The highest BCUT2D eigenvalue weighted by Crippen LogP contribution is 2.21. The lowest BCUT2D eigenvalue weighted by Gasteiger charge is -2.11. The van der Waals surface area contributed by atoms with Gasteiger partial charge in [0.05, 0.1) is 16.4 Å². The van der Waals surface area contributed by atoms with Crippen molar-refractivity contribution in [2.24, 2.45) is 5.73 Å². The van der Waals surface area contributed by atoms with Gasteiger partial charge in [0, 0.05) is 17.5 Å². The summed E-state index contributed by atoms with van der Waals surface area (Å²) in [7, 11) is -3.33. The number of hydrogen-bond acceptors (Lipinski definition) is 6. The number of anilines is 2. The van der Waals surface area contributed by atoms with E-state index in [4.69, 9.17) is 5.73 Å². The Balaban J connectivity index is 0.00000312. The summed E-state index contributed by atoms with van der Waals surface area (Å²) >= 11 is 1.40. The molecule has 1 aromatic heterocycles. The molecule has 0 atom stereocenters. The second-order valence-electron chi connectivity index (χ2n) is 5.15. The van der Waals surface area contributed by atoms with E-state index < -0.39 is 10.0 Å². The number of halogens is 1. The molecule has 0 saturated carbocycles. The van der Waals surface area contributed by atoms with Crippen LogP contribution in [0.3, 0.4) is 0 Å². The largest absolute Gasteiger partial charge is 0.330 e. The van der Waals surface area contributed by atoms with Crippen LogP contribution in [0, 0.1) is 6.92 Å². The average Bonchev–Trinajstić information content (AvgIpc) is 2.99. The lowest BCUT2D eigenvalue weighted by molar-refractivity contribution is 0.102. The van der Waals surface area contributed by atoms with Crippen LogP contribution in [-0.4, -0.2) is 31.6 Å². The van der Waals surface area contributed by atoms with Crippen LogP contribution >= 0.6 is 23.7 Å². The minimum Gasteiger partial charge on any atom is -0.330 e. The highest BCUT2D eigenvalue weighted by atomic mass is 35.5. The SMILES string of the molecule is CCS(=O)(=O)Nc1ccc(NC(=O)c2csc(CCN)n2)cc1C.Cl. The predicted molar refractivity (Wildman–Crippen MR) is 104 cm³/mol. The minimum atomic E-state index is -3.33. The number of hydrogen-bond donors (Lipinski definition) is 3. The second-order valence-corrected chi connectivity index (χ2v) is 8.11. The number of carbonyl (C=O) groups excluding carboxylic acids is 1. The van der Waals surface area contributed by atoms with Crippen LogP contribution in [0.1, 0.15) is 28.0 Å². The third kappa shape index (κ3) is 5.96. The maximum Gasteiger partial charge on any atom is 0.275 e. The monoisotopic (exact) mass is 404 g/mol. The van der Waals surface area contributed by atoms with Gasteiger partial charge in [-0.3, -0.25) is 9.52 Å². The molecule has 0 unspecified atom stereocenters. The molecular weight excluding hydrogens is 384 g/mol. The van der Waals surface area contributed by atoms with E-state index in [1.165, 1.54) is 11.3 Å². The third-order valence-electron chi connectivity index (χ3n) is 3.27. The molecule has 1 aromatic carbocycles. The van der Waals surface area contributed by atoms with Crippen LogP contribution in [0.2, 0.25) is 0 Å². The molecule has 1 amide bonds. The van der Waals surface area contributed by atoms with E-state index in [0.29, 0.717) is 35.6 Å². The molecule has 0 bridgehead atoms. The van der Waals surface area contributed by atoms with Gasteiger partial charge in [-0.2, -0.15) is 0 Å². The molecule has 2 rings (SSSR count). The highest BCUT2D eigenvalue weighted by Gasteiger charge is 2.13. The van der Waals surface area contributed by atoms with Gasteiger partial charge in [0.25, 0.3) is 5.91 Å². The van der Waals surface area contributed by atoms with Crippen molar-refractivity contribution in [1.29, 1.82) is 0 Å². The molecule has 4 N–H and O–H groups in total. The molecule has 7 nitrogen and oxygen atoms in total. The fourth-order valence-electron chi connectivity index (χ4n) is 1.94. The zero-order valence-electron chi connectivity index (χ0n) is 13.9. The summed E-state index contributed by atoms with van der Waals surface area (Å²) in [6, 6.07) is 4.98. The molecule has 0 aliphatic heterocycles. The van der Waals surface area contributed by atoms with E-state index in [0.717, 1.165) is 5.01 Å². The Morgan fingerprint density at radius 3 is 2.68 bits per heavy atom. The smallest absolute Gasteiger partial charge is 0.275 e. The Morgan fingerprint density at radius 1 is 1.36 bits per heavy atom. The zero-order valence-corrected chi connectivity index (χ0v) is 16.4. The van der Waals surface area contributed by atoms with E-state index in [2.05, 4.69) is 15.0 Å². The molecule has 138 valence electrons. The van der Waals surface area contributed by atoms with Crippen LogP contribution in [0.15, 0.2) is 23.6 Å². The summed E-state index contributed by atoms with van der Waals surface area (Å²) in [5, 5.41) is 5.27. The van der Waals surface area contributed by atoms with Gasteiger partial charge in [-0.25, -0.2) is 13.4 Å². The van der Waals surface area contributed by atoms with E-state index in [-0.39, 0.29) is 24.1 Å². The molecule has 2 aromatic rings. The number of rotatable bonds is 7. The summed E-state index contributed by atoms with van der Waals surface area (Å²) in [5.41, 5.74) is 7.60. The Kier molecular flexibility index (Phi) is 7.81. The van der Waals surface area contributed by atoms with Crippen molar-refractivity contribution in [3.05, 3.63) is 39.8 Å². The van der Waals surface area contributed by atoms with E-state index in [1.54, 1.807) is 37.4 Å². The second kappa shape index (κ2) is 9.14. The Bertz CT molecular complexity index is 837. The van der Waals surface area contributed by atoms with Crippen LogP contribution in [0.5, 0.6) is 0 Å². The van der Waals surface area contributed by atoms with Gasteiger partial charge >= 0.3 is 0 Å². The summed E-state index contributed by atoms with van der Waals surface area (Å²) in [5.74, 6) is -0.310. The maximum atomic E-state index is 12.2. The van der Waals surface area contributed by atoms with Crippen LogP contribution in [0.25, 0.3) is 0 Å². The highest BCUT2D eigenvalue weighted by molar-refractivity contribution is 7.92. The topological polar surface area (TPSA) is 114 Å². The first-order valence-corrected chi connectivity index (χ1v) is 9.94. The lowest BCUT2D eigenvalue weighted by atomic mass is 10.2. The fourth-order valence-corrected chi connectivity index (χ4v) is 3.45. The molecule has 1 heterocycles. The first-order chi connectivity index (χ1) is 11.3. The lowest BCUT2D eigenvalue weighted by Crippen LogP contribution is -2.16. The van der Waals surface area contributed by atoms with Crippen LogP contribution in [-0.2, 0) is 16.4 Å². The molecule has 10 heteroatoms. The van der Waals surface area contributed by atoms with Gasteiger partial charge in [0.15, 0.2) is 0 Å². The molecule has 0 saturated heterocycles. The van der Waals surface area contributed by atoms with Gasteiger partial charge in [-0.15, -0.1) is 23.7 Å². The number of thiazole rings is 1. The van der Waals surface area contributed by atoms with Crippen LogP contribution in [0.4, 0.5) is 11.4 Å². The van der Waals surface area contributed by atoms with Crippen molar-refractivity contribution >= 4 is 51.0 Å². The van der Waals surface area contributed by atoms with Gasteiger partial charge in [0.2, 0.25) is 10.0 Å². The first-order valence-electron chi connectivity index (χ1n) is 7.41. The van der Waals surface area contributed by atoms with Gasteiger partial charge in [0.1, 0.15) is 5.69 Å². The number of amides is 1. The molecule has 0 spiro atoms. The molecule has 0 aliphatic carbocycles. The first kappa shape index (κ1) is 21.4. The number of sulfonamides is 1. The quantitative estimate of drug-likeness (QED) is 0.655. The van der Waals surface area contributed by atoms with Crippen molar-refractivity contribution < 1.29 is 13.2 Å². The predicted octanol–water partition coefficient (Wildman–Crippen LogP) is 2.39. The maximum absolute atomic E-state index is 12.2. The number of aryl methyl sites for hydroxylation is 1. The molecule has 0 aliphatic rings. The van der Waals surface area contributed by atoms with Crippen molar-refractivity contribution in [2.45, 2.75) is 20.3 Å². The van der Waals surface area contributed by atoms with E-state index in [9.17, 15) is 13.2 Å². The van der Waals surface area contributed by atoms with E-state index in [1.807, 2.05) is 0 Å². The number of aromatic nitrogens is 1. The van der Waals surface area contributed by atoms with Gasteiger partial charge < -0.3 is 11.1 Å². The Morgan fingerprint density at radius 2 is 2.08 bits per heavy atom. The van der Waals surface area contributed by atoms with Crippen LogP contribution < -0.4 is 15.8 Å². The standard InChI is InChI=1S/C15H20N4O3S2.ClH/c1-3-24(21,22)19-12-5-4-11(8-10(12)2)17-15(20)13-9-23-14(18-13)6-7-16;/h4-5,8-9,19H,3,6-7,16H2,1-2H3,(H,17,20);1H. The number of nitrogens with one attached hydrogen (secondary N) is 2. The van der Waals surface area contributed by atoms with E-state index >= 15 is 0 Å². The molecule has 0 fully saturated rings. The number of nitrogens with zero attached hydrogens (tertiary/aromatic N) is 1. The number of carbonyl (C=O) groups is 1. The van der Waals surface area contributed by atoms with Crippen molar-refractivity contribution in [2.75, 3.05) is 22.3 Å². The minimum absolute atomic E-state index is 0. The zero-order chi connectivity index (χ0) is 17.7. The fraction of sp³-hybridized carbons (Fsp3) is 0.333. The summed E-state index contributed by atoms with van der Waals surface area (Å²) < 4.78 is 25.8. The Labute approximate surface area is 157 Å². The normalized spacial score (nSPS) is 10.8. The van der Waals surface area contributed by atoms with Crippen molar-refractivity contribution in [1.82, 2.24) is 4.98 Å². The molecule has 0 radical (unpaired) electrons. The number of benzene rings is 1. The Hall–Kier alpha value is -1.68. The number of nitrogens with two attached hydrogens (primary N) is 1. The van der Waals surface area contributed by atoms with Gasteiger partial charge in [-0.05, 0) is 44.2 Å². The van der Waals surface area contributed by atoms with Crippen molar-refractivity contribution in [3.8, 4) is 0 Å². The summed E-state index contributed by atoms with van der Waals surface area (Å²) in [6.07, 6.45) is 0.642. The molecule has 25 heavy (non-hydrogen) atoms. The average molecular weight is 405 g/mol. The van der Waals surface area contributed by atoms with Gasteiger partial charge in [-0.1, -0.05) is 0 Å². The molecular formula is C15H21ClN4O3S2. The van der Waals surface area contributed by atoms with Crippen molar-refractivity contribution in [3.63, 3.8) is 0 Å². The summed E-state index contributed by atoms with van der Waals surface area (Å²) in [4.78, 5) is 16.4. The summed E-state index contributed by atoms with van der Waals surface area (Å²) in [6.45, 7) is 3.83.